The minimum Gasteiger partial charge on any atom is -0.294 e. The molecule has 0 aliphatic carbocycles. The molecule has 106 valence electrons. The van der Waals surface area contributed by atoms with E-state index in [1.165, 1.54) is 24.5 Å². The average Bonchev–Trinajstić information content (AvgIpc) is 2.46. The Hall–Kier alpha value is -2.63. The molecule has 6 heteroatoms. The Labute approximate surface area is 117 Å². The number of halogens is 3. The van der Waals surface area contributed by atoms with Crippen LogP contribution in [-0.2, 0) is 6.54 Å². The van der Waals surface area contributed by atoms with Gasteiger partial charge in [0.05, 0.1) is 23.8 Å². The molecule has 2 aromatic carbocycles. The Balaban J connectivity index is 2.09. The highest BCUT2D eigenvalue weighted by atomic mass is 19.2. The summed E-state index contributed by atoms with van der Waals surface area (Å²) in [6.45, 7) is -0.150. The predicted octanol–water partition coefficient (Wildman–Crippen LogP) is 2.86. The monoisotopic (exact) mass is 290 g/mol. The maximum absolute atomic E-state index is 13.6. The van der Waals surface area contributed by atoms with E-state index in [0.717, 1.165) is 22.8 Å². The normalized spacial score (nSPS) is 11.0. The summed E-state index contributed by atoms with van der Waals surface area (Å²) in [5.41, 5.74) is -0.181. The first-order valence-corrected chi connectivity index (χ1v) is 6.14. The van der Waals surface area contributed by atoms with Crippen LogP contribution in [0.5, 0.6) is 0 Å². The Morgan fingerprint density at radius 3 is 2.71 bits per heavy atom. The van der Waals surface area contributed by atoms with Crippen molar-refractivity contribution in [3.8, 4) is 0 Å². The molecule has 0 spiro atoms. The fourth-order valence-corrected chi connectivity index (χ4v) is 2.10. The zero-order valence-corrected chi connectivity index (χ0v) is 10.7. The third-order valence-corrected chi connectivity index (χ3v) is 3.16. The highest BCUT2D eigenvalue weighted by Crippen LogP contribution is 2.13. The predicted molar refractivity (Wildman–Crippen MR) is 71.4 cm³/mol. The molecule has 1 aromatic heterocycles. The van der Waals surface area contributed by atoms with E-state index in [0.29, 0.717) is 0 Å². The van der Waals surface area contributed by atoms with Gasteiger partial charge in [-0.3, -0.25) is 9.36 Å². The summed E-state index contributed by atoms with van der Waals surface area (Å²) in [6.07, 6.45) is 1.19. The molecule has 1 heterocycles. The number of benzene rings is 2. The van der Waals surface area contributed by atoms with Gasteiger partial charge in [-0.05, 0) is 18.2 Å². The van der Waals surface area contributed by atoms with E-state index in [-0.39, 0.29) is 23.0 Å². The van der Waals surface area contributed by atoms with Crippen molar-refractivity contribution in [3.63, 3.8) is 0 Å². The van der Waals surface area contributed by atoms with Gasteiger partial charge in [0.1, 0.15) is 5.82 Å². The van der Waals surface area contributed by atoms with Crippen LogP contribution < -0.4 is 5.56 Å². The number of rotatable bonds is 2. The van der Waals surface area contributed by atoms with Gasteiger partial charge in [0, 0.05) is 11.6 Å². The number of hydrogen-bond acceptors (Lipinski definition) is 2. The molecule has 3 nitrogen and oxygen atoms in total. The van der Waals surface area contributed by atoms with Crippen molar-refractivity contribution in [3.05, 3.63) is 76.1 Å². The SMILES string of the molecule is O=c1c2ccc(F)cc2ncn1Cc1cccc(F)c1F. The summed E-state index contributed by atoms with van der Waals surface area (Å²) in [5, 5.41) is 0.218. The Morgan fingerprint density at radius 1 is 1.10 bits per heavy atom. The molecule has 0 unspecified atom stereocenters. The number of fused-ring (bicyclic) bond motifs is 1. The molecule has 0 atom stereocenters. The summed E-state index contributed by atoms with van der Waals surface area (Å²) < 4.78 is 41.0. The highest BCUT2D eigenvalue weighted by molar-refractivity contribution is 5.77. The average molecular weight is 290 g/mol. The quantitative estimate of drug-likeness (QED) is 0.727. The largest absolute Gasteiger partial charge is 0.294 e. The van der Waals surface area contributed by atoms with Crippen LogP contribution >= 0.6 is 0 Å². The van der Waals surface area contributed by atoms with Crippen LogP contribution in [0, 0.1) is 17.5 Å². The summed E-state index contributed by atoms with van der Waals surface area (Å²) >= 11 is 0. The van der Waals surface area contributed by atoms with Crippen molar-refractivity contribution >= 4 is 10.9 Å². The zero-order valence-electron chi connectivity index (χ0n) is 10.7. The number of nitrogens with zero attached hydrogens (tertiary/aromatic N) is 2. The topological polar surface area (TPSA) is 34.9 Å². The van der Waals surface area contributed by atoms with Crippen LogP contribution in [0.4, 0.5) is 13.2 Å². The standard InChI is InChI=1S/C15H9F3N2O/c16-10-4-5-11-13(6-10)19-8-20(15(11)21)7-9-2-1-3-12(17)14(9)18/h1-6,8H,7H2. The van der Waals surface area contributed by atoms with Gasteiger partial charge in [0.15, 0.2) is 11.6 Å². The maximum atomic E-state index is 13.6. The van der Waals surface area contributed by atoms with Gasteiger partial charge in [0.25, 0.3) is 5.56 Å². The second kappa shape index (κ2) is 5.05. The maximum Gasteiger partial charge on any atom is 0.261 e. The first-order valence-electron chi connectivity index (χ1n) is 6.14. The molecule has 0 saturated heterocycles. The zero-order chi connectivity index (χ0) is 15.0. The van der Waals surface area contributed by atoms with Gasteiger partial charge in [-0.1, -0.05) is 12.1 Å². The highest BCUT2D eigenvalue weighted by Gasteiger charge is 2.10. The first kappa shape index (κ1) is 13.4. The van der Waals surface area contributed by atoms with E-state index in [1.54, 1.807) is 0 Å². The summed E-state index contributed by atoms with van der Waals surface area (Å²) in [5.74, 6) is -2.47. The van der Waals surface area contributed by atoms with Crippen LogP contribution in [0.3, 0.4) is 0 Å². The minimum atomic E-state index is -0.997. The van der Waals surface area contributed by atoms with Gasteiger partial charge >= 0.3 is 0 Å². The van der Waals surface area contributed by atoms with Crippen LogP contribution in [-0.4, -0.2) is 9.55 Å². The van der Waals surface area contributed by atoms with Crippen molar-refractivity contribution in [1.82, 2.24) is 9.55 Å². The molecule has 3 rings (SSSR count). The van der Waals surface area contributed by atoms with E-state index < -0.39 is 23.0 Å². The third kappa shape index (κ3) is 2.40. The van der Waals surface area contributed by atoms with Gasteiger partial charge in [-0.25, -0.2) is 18.2 Å². The van der Waals surface area contributed by atoms with Gasteiger partial charge in [-0.2, -0.15) is 0 Å². The molecule has 0 aliphatic rings. The molecule has 0 saturated carbocycles. The summed E-state index contributed by atoms with van der Waals surface area (Å²) in [6, 6.07) is 7.37. The molecular weight excluding hydrogens is 281 g/mol. The molecule has 0 N–H and O–H groups in total. The lowest BCUT2D eigenvalue weighted by atomic mass is 10.2. The van der Waals surface area contributed by atoms with Gasteiger partial charge in [0.2, 0.25) is 0 Å². The minimum absolute atomic E-state index is 0.0420. The Bertz CT molecular complexity index is 890. The number of aromatic nitrogens is 2. The fourth-order valence-electron chi connectivity index (χ4n) is 2.10. The van der Waals surface area contributed by atoms with Crippen molar-refractivity contribution < 1.29 is 13.2 Å². The second-order valence-corrected chi connectivity index (χ2v) is 4.55. The van der Waals surface area contributed by atoms with Crippen molar-refractivity contribution in [1.29, 1.82) is 0 Å². The lowest BCUT2D eigenvalue weighted by molar-refractivity contribution is 0.494. The molecule has 21 heavy (non-hydrogen) atoms. The molecular formula is C15H9F3N2O. The Kier molecular flexibility index (Phi) is 3.21. The van der Waals surface area contributed by atoms with Gasteiger partial charge in [-0.15, -0.1) is 0 Å². The molecule has 3 aromatic rings. The lowest BCUT2D eigenvalue weighted by Crippen LogP contribution is -2.21. The second-order valence-electron chi connectivity index (χ2n) is 4.55. The smallest absolute Gasteiger partial charge is 0.261 e. The molecule has 0 bridgehead atoms. The van der Waals surface area contributed by atoms with Crippen molar-refractivity contribution in [2.45, 2.75) is 6.54 Å². The molecule has 0 radical (unpaired) electrons. The van der Waals surface area contributed by atoms with Crippen molar-refractivity contribution in [2.24, 2.45) is 0 Å². The van der Waals surface area contributed by atoms with Crippen LogP contribution in [0.25, 0.3) is 10.9 Å². The fraction of sp³-hybridized carbons (Fsp3) is 0.0667. The van der Waals surface area contributed by atoms with Crippen molar-refractivity contribution in [2.75, 3.05) is 0 Å². The van der Waals surface area contributed by atoms with E-state index in [1.807, 2.05) is 0 Å². The Morgan fingerprint density at radius 2 is 1.90 bits per heavy atom. The molecule has 0 fully saturated rings. The first-order chi connectivity index (χ1) is 10.1. The lowest BCUT2D eigenvalue weighted by Gasteiger charge is -2.08. The van der Waals surface area contributed by atoms with Crippen LogP contribution in [0.1, 0.15) is 5.56 Å². The third-order valence-electron chi connectivity index (χ3n) is 3.16. The van der Waals surface area contributed by atoms with Crippen LogP contribution in [0.15, 0.2) is 47.5 Å². The van der Waals surface area contributed by atoms with E-state index >= 15 is 0 Å². The summed E-state index contributed by atoms with van der Waals surface area (Å²) in [4.78, 5) is 16.2. The summed E-state index contributed by atoms with van der Waals surface area (Å²) in [7, 11) is 0. The van der Waals surface area contributed by atoms with E-state index in [4.69, 9.17) is 0 Å². The number of hydrogen-bond donors (Lipinski definition) is 0. The molecule has 0 amide bonds. The molecule has 0 aliphatic heterocycles. The van der Waals surface area contributed by atoms with E-state index in [2.05, 4.69) is 4.98 Å². The van der Waals surface area contributed by atoms with Gasteiger partial charge < -0.3 is 0 Å². The van der Waals surface area contributed by atoms with Crippen LogP contribution in [0.2, 0.25) is 0 Å². The van der Waals surface area contributed by atoms with E-state index in [9.17, 15) is 18.0 Å².